The summed E-state index contributed by atoms with van der Waals surface area (Å²) in [6.07, 6.45) is 2.98. The van der Waals surface area contributed by atoms with Crippen molar-refractivity contribution in [3.05, 3.63) is 11.0 Å². The van der Waals surface area contributed by atoms with Crippen molar-refractivity contribution in [2.24, 2.45) is 0 Å². The molecule has 0 aromatic carbocycles. The molecule has 1 unspecified atom stereocenters. The molecule has 0 bridgehead atoms. The van der Waals surface area contributed by atoms with E-state index >= 15 is 0 Å². The molecule has 2 rings (SSSR count). The summed E-state index contributed by atoms with van der Waals surface area (Å²) in [5.41, 5.74) is 0. The van der Waals surface area contributed by atoms with Crippen molar-refractivity contribution in [1.29, 1.82) is 0 Å². The van der Waals surface area contributed by atoms with E-state index in [1.807, 2.05) is 16.7 Å². The third kappa shape index (κ3) is 1.07. The fraction of sp³-hybridized carbons (Fsp3) is 0.625. The summed E-state index contributed by atoms with van der Waals surface area (Å²) in [5, 5.41) is 0. The topological polar surface area (TPSA) is 20.3 Å². The molecule has 2 aliphatic rings. The monoisotopic (exact) mass is 169 g/mol. The molecule has 3 heteroatoms. The number of hydrogen-bond donors (Lipinski definition) is 0. The van der Waals surface area contributed by atoms with Crippen LogP contribution in [0.4, 0.5) is 0 Å². The van der Waals surface area contributed by atoms with E-state index < -0.39 is 0 Å². The first-order valence-electron chi connectivity index (χ1n) is 3.94. The second-order valence-electron chi connectivity index (χ2n) is 2.86. The van der Waals surface area contributed by atoms with Gasteiger partial charge >= 0.3 is 0 Å². The molecule has 0 spiro atoms. The first-order chi connectivity index (χ1) is 5.31. The Labute approximate surface area is 70.6 Å². The first kappa shape index (κ1) is 7.22. The molecular formula is C8H11NOS. The van der Waals surface area contributed by atoms with Crippen LogP contribution in [0, 0.1) is 0 Å². The van der Waals surface area contributed by atoms with Crippen LogP contribution in [0.25, 0.3) is 0 Å². The second-order valence-corrected chi connectivity index (χ2v) is 4.25. The van der Waals surface area contributed by atoms with Crippen LogP contribution in [0.1, 0.15) is 13.3 Å². The average molecular weight is 169 g/mol. The Bertz CT molecular complexity index is 224. The van der Waals surface area contributed by atoms with Gasteiger partial charge in [0.15, 0.2) is 0 Å². The average Bonchev–Trinajstić information content (AvgIpc) is 2.29. The zero-order chi connectivity index (χ0) is 7.84. The zero-order valence-corrected chi connectivity index (χ0v) is 7.36. The quantitative estimate of drug-likeness (QED) is 0.580. The minimum absolute atomic E-state index is 0.318. The summed E-state index contributed by atoms with van der Waals surface area (Å²) in [4.78, 5) is 14.3. The maximum atomic E-state index is 10.9. The van der Waals surface area contributed by atoms with Gasteiger partial charge in [-0.1, -0.05) is 13.0 Å². The molecule has 2 nitrogen and oxygen atoms in total. The van der Waals surface area contributed by atoms with Gasteiger partial charge < -0.3 is 4.90 Å². The molecule has 0 N–H and O–H groups in total. The smallest absolute Gasteiger partial charge is 0.225 e. The predicted molar refractivity (Wildman–Crippen MR) is 46.3 cm³/mol. The molecule has 0 aromatic rings. The highest BCUT2D eigenvalue weighted by atomic mass is 32.2. The number of thioether (sulfide) groups is 1. The number of amides is 1. The zero-order valence-electron chi connectivity index (χ0n) is 6.54. The molecule has 0 aromatic heterocycles. The van der Waals surface area contributed by atoms with Crippen molar-refractivity contribution in [1.82, 2.24) is 4.90 Å². The van der Waals surface area contributed by atoms with Crippen molar-refractivity contribution >= 4 is 17.7 Å². The van der Waals surface area contributed by atoms with Crippen molar-refractivity contribution in [2.75, 3.05) is 12.3 Å². The van der Waals surface area contributed by atoms with Gasteiger partial charge in [0.2, 0.25) is 5.91 Å². The summed E-state index contributed by atoms with van der Waals surface area (Å²) in [6.45, 7) is 3.02. The van der Waals surface area contributed by atoms with E-state index in [0.29, 0.717) is 11.9 Å². The molecular weight excluding hydrogens is 158 g/mol. The first-order valence-corrected chi connectivity index (χ1v) is 4.93. The molecule has 2 heterocycles. The van der Waals surface area contributed by atoms with Crippen LogP contribution in [0.15, 0.2) is 11.0 Å². The van der Waals surface area contributed by atoms with Crippen LogP contribution in [0.2, 0.25) is 0 Å². The Hall–Kier alpha value is -0.440. The molecule has 0 radical (unpaired) electrons. The van der Waals surface area contributed by atoms with Gasteiger partial charge in [-0.2, -0.15) is 0 Å². The lowest BCUT2D eigenvalue weighted by molar-refractivity contribution is -0.141. The predicted octanol–water partition coefficient (Wildman–Crippen LogP) is 1.24. The molecule has 11 heavy (non-hydrogen) atoms. The van der Waals surface area contributed by atoms with Crippen molar-refractivity contribution < 1.29 is 4.79 Å². The molecule has 0 aliphatic carbocycles. The van der Waals surface area contributed by atoms with Gasteiger partial charge in [-0.3, -0.25) is 4.79 Å². The van der Waals surface area contributed by atoms with Gasteiger partial charge in [-0.15, -0.1) is 11.8 Å². The van der Waals surface area contributed by atoms with Crippen molar-refractivity contribution in [3.8, 4) is 0 Å². The Morgan fingerprint density at radius 2 is 2.64 bits per heavy atom. The van der Waals surface area contributed by atoms with E-state index in [1.165, 1.54) is 4.91 Å². The highest BCUT2D eigenvalue weighted by Crippen LogP contribution is 2.33. The standard InChI is InChI=1S/C8H11NOS/c1-2-11-7-3-6-4-8(10)9(6)5-7/h3,6H,2,4-5H2,1H3. The Morgan fingerprint density at radius 1 is 1.82 bits per heavy atom. The second kappa shape index (κ2) is 2.55. The highest BCUT2D eigenvalue weighted by molar-refractivity contribution is 8.03. The van der Waals surface area contributed by atoms with Crippen LogP contribution in [-0.2, 0) is 4.79 Å². The Balaban J connectivity index is 1.98. The molecule has 1 fully saturated rings. The Kier molecular flexibility index (Phi) is 1.68. The number of carbonyl (C=O) groups is 1. The summed E-state index contributed by atoms with van der Waals surface area (Å²) in [7, 11) is 0. The number of fused-ring (bicyclic) bond motifs is 1. The SMILES string of the molecule is CCSC1=CC2CC(=O)N2C1. The molecule has 1 saturated heterocycles. The lowest BCUT2D eigenvalue weighted by Crippen LogP contribution is -2.48. The molecule has 2 aliphatic heterocycles. The van der Waals surface area contributed by atoms with Crippen LogP contribution in [-0.4, -0.2) is 29.1 Å². The van der Waals surface area contributed by atoms with Gasteiger partial charge in [0.25, 0.3) is 0 Å². The van der Waals surface area contributed by atoms with Crippen LogP contribution >= 0.6 is 11.8 Å². The van der Waals surface area contributed by atoms with E-state index in [2.05, 4.69) is 13.0 Å². The van der Waals surface area contributed by atoms with E-state index in [0.717, 1.165) is 18.7 Å². The maximum Gasteiger partial charge on any atom is 0.225 e. The lowest BCUT2D eigenvalue weighted by Gasteiger charge is -2.33. The lowest BCUT2D eigenvalue weighted by atomic mass is 10.1. The number of rotatable bonds is 2. The highest BCUT2D eigenvalue weighted by Gasteiger charge is 2.38. The number of nitrogens with zero attached hydrogens (tertiary/aromatic N) is 1. The van der Waals surface area contributed by atoms with Gasteiger partial charge in [0, 0.05) is 4.91 Å². The summed E-state index contributed by atoms with van der Waals surface area (Å²) in [5.74, 6) is 1.43. The Morgan fingerprint density at radius 3 is 3.18 bits per heavy atom. The third-order valence-corrected chi connectivity index (χ3v) is 3.06. The van der Waals surface area contributed by atoms with E-state index in [9.17, 15) is 4.79 Å². The molecule has 0 saturated carbocycles. The third-order valence-electron chi connectivity index (χ3n) is 2.14. The van der Waals surface area contributed by atoms with Gasteiger partial charge in [0.1, 0.15) is 0 Å². The fourth-order valence-corrected chi connectivity index (χ4v) is 2.40. The number of carbonyl (C=O) groups excluding carboxylic acids is 1. The van der Waals surface area contributed by atoms with Crippen molar-refractivity contribution in [3.63, 3.8) is 0 Å². The summed E-state index contributed by atoms with van der Waals surface area (Å²) >= 11 is 1.86. The number of hydrogen-bond acceptors (Lipinski definition) is 2. The largest absolute Gasteiger partial charge is 0.331 e. The van der Waals surface area contributed by atoms with Crippen molar-refractivity contribution in [2.45, 2.75) is 19.4 Å². The maximum absolute atomic E-state index is 10.9. The molecule has 60 valence electrons. The van der Waals surface area contributed by atoms with Gasteiger partial charge in [-0.25, -0.2) is 0 Å². The number of β-lactam (4-membered cyclic amide) rings is 1. The summed E-state index contributed by atoms with van der Waals surface area (Å²) in [6, 6.07) is 0.455. The molecule has 1 atom stereocenters. The van der Waals surface area contributed by atoms with Crippen LogP contribution < -0.4 is 0 Å². The van der Waals surface area contributed by atoms with E-state index in [-0.39, 0.29) is 0 Å². The van der Waals surface area contributed by atoms with Gasteiger partial charge in [-0.05, 0) is 5.75 Å². The van der Waals surface area contributed by atoms with Crippen LogP contribution in [0.3, 0.4) is 0 Å². The summed E-state index contributed by atoms with van der Waals surface area (Å²) < 4.78 is 0. The van der Waals surface area contributed by atoms with Crippen LogP contribution in [0.5, 0.6) is 0 Å². The fourth-order valence-electron chi connectivity index (χ4n) is 1.55. The van der Waals surface area contributed by atoms with E-state index in [4.69, 9.17) is 0 Å². The minimum atomic E-state index is 0.318. The minimum Gasteiger partial charge on any atom is -0.331 e. The van der Waals surface area contributed by atoms with E-state index in [1.54, 1.807) is 0 Å². The molecule has 1 amide bonds. The van der Waals surface area contributed by atoms with Gasteiger partial charge in [0.05, 0.1) is 19.0 Å². The normalized spacial score (nSPS) is 28.1.